The van der Waals surface area contributed by atoms with Gasteiger partial charge in [0.25, 0.3) is 0 Å². The van der Waals surface area contributed by atoms with E-state index < -0.39 is 0 Å². The minimum Gasteiger partial charge on any atom is -0.277 e. The van der Waals surface area contributed by atoms with Gasteiger partial charge < -0.3 is 0 Å². The van der Waals surface area contributed by atoms with Crippen LogP contribution in [0.25, 0.3) is 32.6 Å². The smallest absolute Gasteiger partial charge is 0.244 e. The highest BCUT2D eigenvalue weighted by Gasteiger charge is 2.13. The van der Waals surface area contributed by atoms with Gasteiger partial charge in [-0.15, -0.1) is 0 Å². The number of benzene rings is 2. The zero-order valence-corrected chi connectivity index (χ0v) is 13.5. The van der Waals surface area contributed by atoms with Gasteiger partial charge in [0, 0.05) is 15.5 Å². The number of nitrogens with zero attached hydrogens (tertiary/aromatic N) is 1. The zero-order chi connectivity index (χ0) is 15.8. The molecule has 2 heterocycles. The van der Waals surface area contributed by atoms with Crippen molar-refractivity contribution in [1.29, 1.82) is 0 Å². The van der Waals surface area contributed by atoms with Crippen molar-refractivity contribution in [1.82, 2.24) is 10.2 Å². The molecule has 0 spiro atoms. The van der Waals surface area contributed by atoms with E-state index in [0.717, 1.165) is 21.5 Å². The van der Waals surface area contributed by atoms with Gasteiger partial charge in [0.2, 0.25) is 4.74 Å². The molecule has 5 heteroatoms. The number of hydrogen-bond acceptors (Lipinski definition) is 3. The molecule has 0 radical (unpaired) electrons. The molecule has 0 fully saturated rings. The minimum atomic E-state index is 0.0000491. The highest BCUT2D eigenvalue weighted by molar-refractivity contribution is 7.13. The van der Waals surface area contributed by atoms with Crippen LogP contribution in [0.4, 0.5) is 0 Å². The molecule has 0 atom stereocenters. The molecule has 0 unspecified atom stereocenters. The summed E-state index contributed by atoms with van der Waals surface area (Å²) >= 11 is 7.14. The molecule has 0 bridgehead atoms. The summed E-state index contributed by atoms with van der Waals surface area (Å²) in [5, 5.41) is 8.63. The normalized spacial score (nSPS) is 11.0. The van der Waals surface area contributed by atoms with Gasteiger partial charge in [-0.25, -0.2) is 0 Å². The van der Waals surface area contributed by atoms with Gasteiger partial charge in [-0.2, -0.15) is 5.10 Å². The molecule has 0 aliphatic rings. The fourth-order valence-corrected chi connectivity index (χ4v) is 3.60. The molecular formula is C18H11ClN2OS. The zero-order valence-electron chi connectivity index (χ0n) is 11.9. The van der Waals surface area contributed by atoms with Crippen molar-refractivity contribution < 1.29 is 0 Å². The number of halogens is 1. The number of rotatable bonds is 2. The van der Waals surface area contributed by atoms with Crippen molar-refractivity contribution in [3.8, 4) is 21.7 Å². The Morgan fingerprint density at radius 2 is 1.70 bits per heavy atom. The predicted octanol–water partition coefficient (Wildman–Crippen LogP) is 4.97. The third-order valence-electron chi connectivity index (χ3n) is 3.65. The number of aromatic nitrogens is 2. The highest BCUT2D eigenvalue weighted by Crippen LogP contribution is 2.30. The fourth-order valence-electron chi connectivity index (χ4n) is 2.54. The summed E-state index contributed by atoms with van der Waals surface area (Å²) in [6.07, 6.45) is 0. The average molecular weight is 339 g/mol. The molecule has 2 aromatic carbocycles. The quantitative estimate of drug-likeness (QED) is 0.560. The molecule has 4 aromatic rings. The van der Waals surface area contributed by atoms with Crippen LogP contribution in [0, 0.1) is 0 Å². The van der Waals surface area contributed by atoms with Crippen LogP contribution in [0.1, 0.15) is 0 Å². The Hall–Kier alpha value is -2.43. The second kappa shape index (κ2) is 5.65. The van der Waals surface area contributed by atoms with Crippen molar-refractivity contribution in [2.24, 2.45) is 0 Å². The summed E-state index contributed by atoms with van der Waals surface area (Å²) in [5.74, 6) is 0. The monoisotopic (exact) mass is 338 g/mol. The van der Waals surface area contributed by atoms with Crippen LogP contribution >= 0.6 is 22.9 Å². The maximum atomic E-state index is 12.6. The number of nitrogens with one attached hydrogen (secondary N) is 1. The molecular weight excluding hydrogens is 328 g/mol. The van der Waals surface area contributed by atoms with E-state index in [2.05, 4.69) is 10.2 Å². The third-order valence-corrected chi connectivity index (χ3v) is 4.87. The SMILES string of the molecule is O=c1sc(-c2ccc(Cl)cc2)cc2[nH]nc(-c3ccccc3)c12. The van der Waals surface area contributed by atoms with Gasteiger partial charge in [-0.3, -0.25) is 9.89 Å². The molecule has 0 saturated carbocycles. The predicted molar refractivity (Wildman–Crippen MR) is 96.1 cm³/mol. The van der Waals surface area contributed by atoms with Gasteiger partial charge in [0.15, 0.2) is 0 Å². The summed E-state index contributed by atoms with van der Waals surface area (Å²) in [7, 11) is 0. The Kier molecular flexibility index (Phi) is 3.48. The second-order valence-electron chi connectivity index (χ2n) is 5.13. The van der Waals surface area contributed by atoms with Gasteiger partial charge >= 0.3 is 0 Å². The van der Waals surface area contributed by atoms with Crippen molar-refractivity contribution in [2.75, 3.05) is 0 Å². The van der Waals surface area contributed by atoms with Gasteiger partial charge in [0.05, 0.1) is 10.9 Å². The van der Waals surface area contributed by atoms with Crippen molar-refractivity contribution >= 4 is 33.8 Å². The lowest BCUT2D eigenvalue weighted by Gasteiger charge is -2.01. The van der Waals surface area contributed by atoms with E-state index in [1.165, 1.54) is 11.3 Å². The maximum absolute atomic E-state index is 12.6. The minimum absolute atomic E-state index is 0.0000491. The summed E-state index contributed by atoms with van der Waals surface area (Å²) in [5.41, 5.74) is 3.35. The van der Waals surface area contributed by atoms with E-state index in [1.54, 1.807) is 0 Å². The Balaban J connectivity index is 1.91. The van der Waals surface area contributed by atoms with E-state index in [1.807, 2.05) is 60.7 Å². The van der Waals surface area contributed by atoms with Crippen molar-refractivity contribution in [3.63, 3.8) is 0 Å². The highest BCUT2D eigenvalue weighted by atomic mass is 35.5. The molecule has 2 aromatic heterocycles. The standard InChI is InChI=1S/C18H11ClN2OS/c19-13-8-6-11(7-9-13)15-10-14-16(18(22)23-15)17(21-20-14)12-4-2-1-3-5-12/h1-10H,(H,20,21). The average Bonchev–Trinajstić information content (AvgIpc) is 3.01. The molecule has 0 aliphatic heterocycles. The van der Waals surface area contributed by atoms with Crippen LogP contribution in [0.3, 0.4) is 0 Å². The Morgan fingerprint density at radius 1 is 0.957 bits per heavy atom. The number of fused-ring (bicyclic) bond motifs is 1. The largest absolute Gasteiger partial charge is 0.277 e. The molecule has 3 nitrogen and oxygen atoms in total. The van der Waals surface area contributed by atoms with Crippen molar-refractivity contribution in [2.45, 2.75) is 0 Å². The molecule has 0 amide bonds. The number of H-pyrrole nitrogens is 1. The maximum Gasteiger partial charge on any atom is 0.244 e. The Bertz CT molecular complexity index is 1040. The van der Waals surface area contributed by atoms with Crippen LogP contribution in [0.5, 0.6) is 0 Å². The number of aromatic amines is 1. The van der Waals surface area contributed by atoms with E-state index in [0.29, 0.717) is 16.1 Å². The van der Waals surface area contributed by atoms with Crippen LogP contribution in [-0.2, 0) is 0 Å². The summed E-state index contributed by atoms with van der Waals surface area (Å²) < 4.78 is 0.0000491. The Labute approximate surface area is 141 Å². The summed E-state index contributed by atoms with van der Waals surface area (Å²) in [6, 6.07) is 19.1. The van der Waals surface area contributed by atoms with E-state index >= 15 is 0 Å². The first-order valence-electron chi connectivity index (χ1n) is 7.06. The fraction of sp³-hybridized carbons (Fsp3) is 0. The van der Waals surface area contributed by atoms with E-state index in [9.17, 15) is 4.79 Å². The topological polar surface area (TPSA) is 45.8 Å². The number of hydrogen-bond donors (Lipinski definition) is 1. The first kappa shape index (κ1) is 14.2. The second-order valence-corrected chi connectivity index (χ2v) is 6.58. The molecule has 4 rings (SSSR count). The summed E-state index contributed by atoms with van der Waals surface area (Å²) in [4.78, 5) is 13.5. The van der Waals surface area contributed by atoms with Gasteiger partial charge in [-0.1, -0.05) is 65.4 Å². The van der Waals surface area contributed by atoms with E-state index in [4.69, 9.17) is 11.6 Å². The molecule has 23 heavy (non-hydrogen) atoms. The van der Waals surface area contributed by atoms with Crippen LogP contribution in [0.2, 0.25) is 5.02 Å². The molecule has 1 N–H and O–H groups in total. The lowest BCUT2D eigenvalue weighted by Crippen LogP contribution is -1.96. The Morgan fingerprint density at radius 3 is 2.43 bits per heavy atom. The molecule has 0 saturated heterocycles. The van der Waals surface area contributed by atoms with Crippen molar-refractivity contribution in [3.05, 3.63) is 75.2 Å². The summed E-state index contributed by atoms with van der Waals surface area (Å²) in [6.45, 7) is 0. The molecule has 112 valence electrons. The lowest BCUT2D eigenvalue weighted by molar-refractivity contribution is 1.12. The van der Waals surface area contributed by atoms with E-state index in [-0.39, 0.29) is 4.74 Å². The molecule has 0 aliphatic carbocycles. The van der Waals surface area contributed by atoms with Crippen LogP contribution in [-0.4, -0.2) is 10.2 Å². The lowest BCUT2D eigenvalue weighted by atomic mass is 10.1. The van der Waals surface area contributed by atoms with Gasteiger partial charge in [0.1, 0.15) is 5.69 Å². The third kappa shape index (κ3) is 2.56. The van der Waals surface area contributed by atoms with Gasteiger partial charge in [-0.05, 0) is 23.8 Å². The van der Waals surface area contributed by atoms with Crippen LogP contribution in [0.15, 0.2) is 65.5 Å². The first-order chi connectivity index (χ1) is 11.2. The van der Waals surface area contributed by atoms with Crippen LogP contribution < -0.4 is 4.74 Å². The first-order valence-corrected chi connectivity index (χ1v) is 8.25.